The van der Waals surface area contributed by atoms with E-state index in [9.17, 15) is 0 Å². The molecule has 0 aliphatic rings. The maximum Gasteiger partial charge on any atom is 0.0656 e. The monoisotopic (exact) mass is 337 g/mol. The molecule has 1 aromatic heterocycles. The van der Waals surface area contributed by atoms with E-state index in [-0.39, 0.29) is 6.04 Å². The van der Waals surface area contributed by atoms with Crippen LogP contribution >= 0.6 is 33.9 Å². The smallest absolute Gasteiger partial charge is 0.0656 e. The van der Waals surface area contributed by atoms with Crippen LogP contribution in [0.4, 0.5) is 0 Å². The van der Waals surface area contributed by atoms with Crippen LogP contribution in [-0.2, 0) is 0 Å². The van der Waals surface area contributed by atoms with Gasteiger partial charge < -0.3 is 5.73 Å². The third-order valence-electron chi connectivity index (χ3n) is 2.63. The van der Waals surface area contributed by atoms with Crippen molar-refractivity contribution in [3.05, 3.63) is 19.9 Å². The molecule has 0 amide bonds. The normalized spacial score (nSPS) is 13.0. The quantitative estimate of drug-likeness (QED) is 0.566. The lowest BCUT2D eigenvalue weighted by molar-refractivity contribution is 0.556. The highest BCUT2D eigenvalue weighted by Crippen LogP contribution is 2.24. The molecule has 0 saturated heterocycles. The van der Waals surface area contributed by atoms with Gasteiger partial charge in [-0.3, -0.25) is 0 Å². The second kappa shape index (κ2) is 7.63. The van der Waals surface area contributed by atoms with Crippen LogP contribution in [0.25, 0.3) is 0 Å². The highest BCUT2D eigenvalue weighted by molar-refractivity contribution is 14.1. The van der Waals surface area contributed by atoms with Gasteiger partial charge in [-0.25, -0.2) is 0 Å². The Morgan fingerprint density at radius 2 is 2.07 bits per heavy atom. The molecule has 1 atom stereocenters. The molecule has 0 aliphatic carbocycles. The summed E-state index contributed by atoms with van der Waals surface area (Å²) in [5.74, 6) is 0. The van der Waals surface area contributed by atoms with Crippen molar-refractivity contribution >= 4 is 33.9 Å². The summed E-state index contributed by atoms with van der Waals surface area (Å²) in [6, 6.07) is 2.47. The van der Waals surface area contributed by atoms with Crippen molar-refractivity contribution in [1.29, 1.82) is 0 Å². The van der Waals surface area contributed by atoms with Crippen LogP contribution in [0.5, 0.6) is 0 Å². The fourth-order valence-electron chi connectivity index (χ4n) is 1.65. The highest BCUT2D eigenvalue weighted by Gasteiger charge is 2.07. The molecular weight excluding hydrogens is 317 g/mol. The summed E-state index contributed by atoms with van der Waals surface area (Å²) in [7, 11) is 0. The second-order valence-corrected chi connectivity index (χ2v) is 6.80. The largest absolute Gasteiger partial charge is 0.324 e. The van der Waals surface area contributed by atoms with Gasteiger partial charge in [-0.05, 0) is 46.0 Å². The predicted octanol–water partition coefficient (Wildman–Crippen LogP) is 4.71. The van der Waals surface area contributed by atoms with Gasteiger partial charge in [0.05, 0.1) is 2.88 Å². The van der Waals surface area contributed by atoms with E-state index in [0.29, 0.717) is 0 Å². The lowest BCUT2D eigenvalue weighted by Gasteiger charge is -2.09. The maximum absolute atomic E-state index is 6.13. The van der Waals surface area contributed by atoms with Crippen molar-refractivity contribution in [1.82, 2.24) is 0 Å². The molecule has 1 rings (SSSR count). The Morgan fingerprint density at radius 3 is 2.67 bits per heavy atom. The van der Waals surface area contributed by atoms with E-state index in [2.05, 4.69) is 41.0 Å². The van der Waals surface area contributed by atoms with Gasteiger partial charge in [0.2, 0.25) is 0 Å². The number of nitrogens with two attached hydrogens (primary N) is 1. The molecule has 0 fully saturated rings. The standard InChI is InChI=1S/C12H20INS/c1-2-3-4-5-6-7-11(14)10-8-12(13)15-9-10/h8-9,11H,2-7,14H2,1H3. The van der Waals surface area contributed by atoms with Crippen molar-refractivity contribution in [2.45, 2.75) is 51.5 Å². The van der Waals surface area contributed by atoms with Gasteiger partial charge in [-0.2, -0.15) is 0 Å². The van der Waals surface area contributed by atoms with Crippen LogP contribution in [-0.4, -0.2) is 0 Å². The molecule has 15 heavy (non-hydrogen) atoms. The zero-order chi connectivity index (χ0) is 11.1. The fraction of sp³-hybridized carbons (Fsp3) is 0.667. The summed E-state index contributed by atoms with van der Waals surface area (Å²) < 4.78 is 1.34. The number of rotatable bonds is 7. The van der Waals surface area contributed by atoms with Crippen LogP contribution < -0.4 is 5.73 Å². The average Bonchev–Trinajstić information content (AvgIpc) is 2.64. The number of hydrogen-bond acceptors (Lipinski definition) is 2. The molecule has 3 heteroatoms. The molecule has 1 nitrogen and oxygen atoms in total. The van der Waals surface area contributed by atoms with Gasteiger partial charge in [0.15, 0.2) is 0 Å². The number of unbranched alkanes of at least 4 members (excludes halogenated alkanes) is 4. The Hall–Kier alpha value is 0.390. The van der Waals surface area contributed by atoms with E-state index in [4.69, 9.17) is 5.73 Å². The van der Waals surface area contributed by atoms with Crippen LogP contribution in [0, 0.1) is 2.88 Å². The molecular formula is C12H20INS. The van der Waals surface area contributed by atoms with Crippen molar-refractivity contribution in [2.75, 3.05) is 0 Å². The first kappa shape index (κ1) is 13.5. The van der Waals surface area contributed by atoms with Gasteiger partial charge in [0.25, 0.3) is 0 Å². The minimum Gasteiger partial charge on any atom is -0.324 e. The third-order valence-corrected chi connectivity index (χ3v) is 4.44. The molecule has 0 bridgehead atoms. The van der Waals surface area contributed by atoms with Crippen molar-refractivity contribution in [3.8, 4) is 0 Å². The first-order valence-electron chi connectivity index (χ1n) is 5.73. The highest BCUT2D eigenvalue weighted by atomic mass is 127. The predicted molar refractivity (Wildman–Crippen MR) is 77.3 cm³/mol. The van der Waals surface area contributed by atoms with Gasteiger partial charge >= 0.3 is 0 Å². The van der Waals surface area contributed by atoms with Crippen LogP contribution in [0.3, 0.4) is 0 Å². The van der Waals surface area contributed by atoms with E-state index < -0.39 is 0 Å². The molecule has 1 heterocycles. The zero-order valence-corrected chi connectivity index (χ0v) is 12.3. The molecule has 0 aliphatic heterocycles. The van der Waals surface area contributed by atoms with Crippen LogP contribution in [0.2, 0.25) is 0 Å². The van der Waals surface area contributed by atoms with E-state index in [1.54, 1.807) is 11.3 Å². The summed E-state index contributed by atoms with van der Waals surface area (Å²) in [6.07, 6.45) is 7.79. The maximum atomic E-state index is 6.13. The van der Waals surface area contributed by atoms with Gasteiger partial charge in [0.1, 0.15) is 0 Å². The van der Waals surface area contributed by atoms with Crippen molar-refractivity contribution in [2.24, 2.45) is 5.73 Å². The van der Waals surface area contributed by atoms with E-state index >= 15 is 0 Å². The van der Waals surface area contributed by atoms with Gasteiger partial charge in [-0.15, -0.1) is 11.3 Å². The average molecular weight is 337 g/mol. The molecule has 0 spiro atoms. The van der Waals surface area contributed by atoms with Crippen LogP contribution in [0.15, 0.2) is 11.4 Å². The Morgan fingerprint density at radius 1 is 1.33 bits per heavy atom. The molecule has 1 unspecified atom stereocenters. The van der Waals surface area contributed by atoms with Gasteiger partial charge in [-0.1, -0.05) is 39.0 Å². The fourth-order valence-corrected chi connectivity index (χ4v) is 3.09. The Kier molecular flexibility index (Phi) is 6.84. The lowest BCUT2D eigenvalue weighted by Crippen LogP contribution is -2.08. The first-order valence-corrected chi connectivity index (χ1v) is 7.69. The lowest BCUT2D eigenvalue weighted by atomic mass is 10.0. The van der Waals surface area contributed by atoms with Crippen molar-refractivity contribution in [3.63, 3.8) is 0 Å². The molecule has 0 aromatic carbocycles. The first-order chi connectivity index (χ1) is 7.24. The van der Waals surface area contributed by atoms with E-state index in [0.717, 1.165) is 6.42 Å². The molecule has 0 saturated carbocycles. The molecule has 0 radical (unpaired) electrons. The Bertz CT molecular complexity index is 272. The van der Waals surface area contributed by atoms with Crippen molar-refractivity contribution < 1.29 is 0 Å². The molecule has 2 N–H and O–H groups in total. The van der Waals surface area contributed by atoms with E-state index in [1.807, 2.05) is 0 Å². The summed E-state index contributed by atoms with van der Waals surface area (Å²) in [5.41, 5.74) is 7.45. The SMILES string of the molecule is CCCCCCCC(N)c1csc(I)c1. The summed E-state index contributed by atoms with van der Waals surface area (Å²) in [4.78, 5) is 0. The number of hydrogen-bond donors (Lipinski definition) is 1. The minimum absolute atomic E-state index is 0.256. The summed E-state index contributed by atoms with van der Waals surface area (Å²) in [6.45, 7) is 2.25. The second-order valence-electron chi connectivity index (χ2n) is 3.99. The molecule has 1 aromatic rings. The third kappa shape index (κ3) is 5.31. The topological polar surface area (TPSA) is 26.0 Å². The zero-order valence-electron chi connectivity index (χ0n) is 9.34. The van der Waals surface area contributed by atoms with Gasteiger partial charge in [0, 0.05) is 6.04 Å². The summed E-state index contributed by atoms with van der Waals surface area (Å²) >= 11 is 4.14. The summed E-state index contributed by atoms with van der Waals surface area (Å²) in [5, 5.41) is 2.19. The number of halogens is 1. The van der Waals surface area contributed by atoms with Crippen LogP contribution in [0.1, 0.15) is 57.1 Å². The Labute approximate surface area is 111 Å². The molecule has 86 valence electrons. The number of thiophene rings is 1. The van der Waals surface area contributed by atoms with E-state index in [1.165, 1.54) is 40.6 Å². The minimum atomic E-state index is 0.256. The Balaban J connectivity index is 2.16.